The van der Waals surface area contributed by atoms with Gasteiger partial charge in [0.2, 0.25) is 10.0 Å². The molecular weight excluding hydrogens is 453 g/mol. The summed E-state index contributed by atoms with van der Waals surface area (Å²) >= 11 is 0. The van der Waals surface area contributed by atoms with Gasteiger partial charge in [-0.2, -0.15) is 4.31 Å². The number of rotatable bonds is 6. The molecule has 0 radical (unpaired) electrons. The number of hydrogen-bond acceptors (Lipinski definition) is 6. The van der Waals surface area contributed by atoms with Crippen LogP contribution in [-0.4, -0.2) is 55.9 Å². The lowest BCUT2D eigenvalue weighted by molar-refractivity contribution is -0.128. The van der Waals surface area contributed by atoms with Gasteiger partial charge in [-0.05, 0) is 51.1 Å². The number of hydrogen-bond donors (Lipinski definition) is 2. The molecule has 0 saturated carbocycles. The van der Waals surface area contributed by atoms with Crippen LogP contribution >= 0.6 is 0 Å². The number of hydrazine groups is 1. The summed E-state index contributed by atoms with van der Waals surface area (Å²) < 4.78 is 51.9. The summed E-state index contributed by atoms with van der Waals surface area (Å²) in [6.45, 7) is 5.40. The third-order valence-electron chi connectivity index (χ3n) is 4.93. The Balaban J connectivity index is 1.63. The lowest BCUT2D eigenvalue weighted by Crippen LogP contribution is -2.48. The minimum Gasteiger partial charge on any atom is -0.478 e. The molecule has 178 valence electrons. The number of amides is 2. The summed E-state index contributed by atoms with van der Waals surface area (Å²) in [6.07, 6.45) is -1.60. The number of halogens is 1. The number of para-hydroxylation sites is 1. The molecular formula is C22H26FN3O6S. The highest BCUT2D eigenvalue weighted by atomic mass is 32.2. The summed E-state index contributed by atoms with van der Waals surface area (Å²) in [7, 11) is -3.84. The molecule has 3 rings (SSSR count). The topological polar surface area (TPSA) is 114 Å². The Morgan fingerprint density at radius 2 is 1.76 bits per heavy atom. The smallest absolute Gasteiger partial charge is 0.279 e. The second-order valence-corrected chi connectivity index (χ2v) is 9.68. The molecule has 0 unspecified atom stereocenters. The van der Waals surface area contributed by atoms with Crippen LogP contribution in [0.5, 0.6) is 5.75 Å². The lowest BCUT2D eigenvalue weighted by atomic mass is 10.2. The van der Waals surface area contributed by atoms with E-state index in [0.29, 0.717) is 0 Å². The summed E-state index contributed by atoms with van der Waals surface area (Å²) in [6, 6.07) is 11.1. The van der Waals surface area contributed by atoms with Gasteiger partial charge in [0.05, 0.1) is 17.1 Å². The first-order valence-electron chi connectivity index (χ1n) is 10.3. The number of morpholine rings is 1. The maximum Gasteiger partial charge on any atom is 0.279 e. The van der Waals surface area contributed by atoms with Crippen molar-refractivity contribution in [2.75, 3.05) is 13.1 Å². The molecule has 0 bridgehead atoms. The summed E-state index contributed by atoms with van der Waals surface area (Å²) in [5.74, 6) is -2.16. The number of nitrogens with zero attached hydrogens (tertiary/aromatic N) is 1. The highest BCUT2D eigenvalue weighted by Gasteiger charge is 2.32. The predicted molar refractivity (Wildman–Crippen MR) is 117 cm³/mol. The molecule has 2 aromatic carbocycles. The molecule has 33 heavy (non-hydrogen) atoms. The van der Waals surface area contributed by atoms with Gasteiger partial charge < -0.3 is 9.47 Å². The average Bonchev–Trinajstić information content (AvgIpc) is 2.78. The Kier molecular flexibility index (Phi) is 7.67. The third kappa shape index (κ3) is 6.06. The molecule has 11 heteroatoms. The van der Waals surface area contributed by atoms with Gasteiger partial charge in [0, 0.05) is 18.7 Å². The summed E-state index contributed by atoms with van der Waals surface area (Å²) in [5.41, 5.74) is 4.44. The van der Waals surface area contributed by atoms with Crippen LogP contribution in [0, 0.1) is 5.82 Å². The molecule has 0 spiro atoms. The fourth-order valence-electron chi connectivity index (χ4n) is 3.35. The van der Waals surface area contributed by atoms with Crippen LogP contribution in [0.3, 0.4) is 0 Å². The number of sulfonamides is 1. The van der Waals surface area contributed by atoms with Crippen LogP contribution in [0.1, 0.15) is 31.1 Å². The predicted octanol–water partition coefficient (Wildman–Crippen LogP) is 1.85. The van der Waals surface area contributed by atoms with E-state index in [2.05, 4.69) is 10.9 Å². The minimum atomic E-state index is -3.84. The van der Waals surface area contributed by atoms with Gasteiger partial charge in [-0.3, -0.25) is 20.4 Å². The highest BCUT2D eigenvalue weighted by molar-refractivity contribution is 7.89. The Bertz CT molecular complexity index is 1120. The van der Waals surface area contributed by atoms with Gasteiger partial charge in [0.1, 0.15) is 0 Å². The van der Waals surface area contributed by atoms with Crippen molar-refractivity contribution in [2.45, 2.75) is 44.0 Å². The SMILES string of the molecule is C[C@@H]1CN(S(=O)(=O)c2cccc(C(=O)NNC(=O)[C@H](C)Oc3ccccc3F)c2)C[C@@H](C)O1. The zero-order valence-electron chi connectivity index (χ0n) is 18.4. The summed E-state index contributed by atoms with van der Waals surface area (Å²) in [5, 5.41) is 0. The number of carbonyl (C=O) groups excluding carboxylic acids is 2. The first kappa shape index (κ1) is 24.6. The van der Waals surface area contributed by atoms with E-state index in [1.807, 2.05) is 0 Å². The number of ether oxygens (including phenoxy) is 2. The molecule has 3 atom stereocenters. The molecule has 1 heterocycles. The fraction of sp³-hybridized carbons (Fsp3) is 0.364. The van der Waals surface area contributed by atoms with Crippen LogP contribution < -0.4 is 15.6 Å². The second-order valence-electron chi connectivity index (χ2n) is 7.74. The Labute approximate surface area is 191 Å². The Hall–Kier alpha value is -3.02. The van der Waals surface area contributed by atoms with Gasteiger partial charge >= 0.3 is 0 Å². The second kappa shape index (κ2) is 10.3. The Morgan fingerprint density at radius 3 is 2.42 bits per heavy atom. The Morgan fingerprint density at radius 1 is 1.09 bits per heavy atom. The van der Waals surface area contributed by atoms with Crippen LogP contribution in [0.25, 0.3) is 0 Å². The largest absolute Gasteiger partial charge is 0.478 e. The van der Waals surface area contributed by atoms with E-state index in [1.165, 1.54) is 53.7 Å². The van der Waals surface area contributed by atoms with E-state index < -0.39 is 33.8 Å². The van der Waals surface area contributed by atoms with E-state index in [-0.39, 0.29) is 41.5 Å². The number of nitrogens with one attached hydrogen (secondary N) is 2. The van der Waals surface area contributed by atoms with Crippen LogP contribution in [0.4, 0.5) is 4.39 Å². The van der Waals surface area contributed by atoms with Crippen molar-refractivity contribution in [3.8, 4) is 5.75 Å². The molecule has 2 N–H and O–H groups in total. The molecule has 2 aromatic rings. The third-order valence-corrected chi connectivity index (χ3v) is 6.76. The van der Waals surface area contributed by atoms with E-state index in [0.717, 1.165) is 0 Å². The maximum atomic E-state index is 13.7. The zero-order valence-corrected chi connectivity index (χ0v) is 19.3. The van der Waals surface area contributed by atoms with Crippen molar-refractivity contribution < 1.29 is 31.9 Å². The lowest BCUT2D eigenvalue weighted by Gasteiger charge is -2.34. The van der Waals surface area contributed by atoms with Gasteiger partial charge in [0.25, 0.3) is 11.8 Å². The van der Waals surface area contributed by atoms with Crippen molar-refractivity contribution >= 4 is 21.8 Å². The van der Waals surface area contributed by atoms with E-state index >= 15 is 0 Å². The van der Waals surface area contributed by atoms with Crippen molar-refractivity contribution in [3.63, 3.8) is 0 Å². The minimum absolute atomic E-state index is 0.0356. The average molecular weight is 480 g/mol. The molecule has 0 aliphatic carbocycles. The zero-order chi connectivity index (χ0) is 24.2. The first-order valence-corrected chi connectivity index (χ1v) is 11.8. The standard InChI is InChI=1S/C22H26FN3O6S/c1-14-12-26(13-15(2)31-14)33(29,30)18-8-6-7-17(11-18)22(28)25-24-21(27)16(3)32-20-10-5-4-9-19(20)23/h4-11,14-16H,12-13H2,1-3H3,(H,24,27)(H,25,28)/t14-,15-,16+/m1/s1. The number of carbonyl (C=O) groups is 2. The van der Waals surface area contributed by atoms with Crippen molar-refractivity contribution in [2.24, 2.45) is 0 Å². The van der Waals surface area contributed by atoms with Crippen molar-refractivity contribution in [3.05, 3.63) is 59.9 Å². The van der Waals surface area contributed by atoms with E-state index in [1.54, 1.807) is 19.9 Å². The first-order chi connectivity index (χ1) is 15.6. The van der Waals surface area contributed by atoms with Crippen molar-refractivity contribution in [1.29, 1.82) is 0 Å². The van der Waals surface area contributed by atoms with Gasteiger partial charge in [-0.25, -0.2) is 12.8 Å². The maximum absolute atomic E-state index is 13.7. The summed E-state index contributed by atoms with van der Waals surface area (Å²) in [4.78, 5) is 24.6. The number of benzene rings is 2. The quantitative estimate of drug-likeness (QED) is 0.612. The van der Waals surface area contributed by atoms with E-state index in [4.69, 9.17) is 9.47 Å². The molecule has 1 aliphatic rings. The van der Waals surface area contributed by atoms with E-state index in [9.17, 15) is 22.4 Å². The van der Waals surface area contributed by atoms with Gasteiger partial charge in [-0.15, -0.1) is 0 Å². The van der Waals surface area contributed by atoms with Crippen LogP contribution in [0.2, 0.25) is 0 Å². The van der Waals surface area contributed by atoms with Crippen molar-refractivity contribution in [1.82, 2.24) is 15.2 Å². The fourth-order valence-corrected chi connectivity index (χ4v) is 4.99. The monoisotopic (exact) mass is 479 g/mol. The molecule has 0 aromatic heterocycles. The highest BCUT2D eigenvalue weighted by Crippen LogP contribution is 2.22. The molecule has 9 nitrogen and oxygen atoms in total. The molecule has 1 aliphatic heterocycles. The van der Waals surface area contributed by atoms with Gasteiger partial charge in [0.15, 0.2) is 17.7 Å². The molecule has 2 amide bonds. The van der Waals surface area contributed by atoms with Gasteiger partial charge in [-0.1, -0.05) is 18.2 Å². The molecule has 1 fully saturated rings. The van der Waals surface area contributed by atoms with Crippen LogP contribution in [0.15, 0.2) is 53.4 Å². The molecule has 1 saturated heterocycles. The van der Waals surface area contributed by atoms with Crippen LogP contribution in [-0.2, 0) is 19.6 Å². The normalized spacial score (nSPS) is 20.0.